The van der Waals surface area contributed by atoms with E-state index in [-0.39, 0.29) is 0 Å². The highest BCUT2D eigenvalue weighted by molar-refractivity contribution is 5.32. The van der Waals surface area contributed by atoms with Crippen molar-refractivity contribution in [1.82, 2.24) is 0 Å². The number of benzene rings is 2. The van der Waals surface area contributed by atoms with E-state index in [9.17, 15) is 27.1 Å². The second-order valence-electron chi connectivity index (χ2n) is 3.83. The Hall–Kier alpha value is -1.95. The Morgan fingerprint density at radius 1 is 0.737 bits per heavy atom. The summed E-state index contributed by atoms with van der Waals surface area (Å²) in [5, 5.41) is 9.76. The molecule has 0 fully saturated rings. The molecule has 0 aromatic heterocycles. The van der Waals surface area contributed by atoms with Gasteiger partial charge in [-0.15, -0.1) is 0 Å². The van der Waals surface area contributed by atoms with Crippen molar-refractivity contribution in [2.75, 3.05) is 0 Å². The largest absolute Gasteiger partial charge is 0.383 e. The zero-order chi connectivity index (χ0) is 14.2. The second-order valence-corrected chi connectivity index (χ2v) is 3.83. The summed E-state index contributed by atoms with van der Waals surface area (Å²) in [4.78, 5) is 0. The first-order chi connectivity index (χ1) is 8.91. The van der Waals surface area contributed by atoms with Gasteiger partial charge in [0.25, 0.3) is 0 Å². The molecule has 1 N–H and O–H groups in total. The Labute approximate surface area is 104 Å². The molecule has 0 aliphatic heterocycles. The third kappa shape index (κ3) is 2.44. The summed E-state index contributed by atoms with van der Waals surface area (Å²) < 4.78 is 65.6. The van der Waals surface area contributed by atoms with Crippen molar-refractivity contribution < 1.29 is 27.1 Å². The molecule has 0 saturated carbocycles. The minimum atomic E-state index is -1.94. The van der Waals surface area contributed by atoms with Gasteiger partial charge in [-0.1, -0.05) is 6.07 Å². The molecular formula is C13H7F5O. The van der Waals surface area contributed by atoms with Crippen LogP contribution in [0.4, 0.5) is 22.0 Å². The number of aliphatic hydroxyl groups is 1. The van der Waals surface area contributed by atoms with Crippen molar-refractivity contribution >= 4 is 0 Å². The fourth-order valence-electron chi connectivity index (χ4n) is 1.64. The predicted molar refractivity (Wildman–Crippen MR) is 56.7 cm³/mol. The molecule has 19 heavy (non-hydrogen) atoms. The molecule has 2 rings (SSSR count). The lowest BCUT2D eigenvalue weighted by atomic mass is 10.00. The van der Waals surface area contributed by atoms with E-state index in [1.165, 1.54) is 0 Å². The molecule has 1 unspecified atom stereocenters. The highest BCUT2D eigenvalue weighted by Gasteiger charge is 2.23. The molecule has 0 radical (unpaired) electrons. The van der Waals surface area contributed by atoms with Gasteiger partial charge in [0.15, 0.2) is 17.5 Å². The minimum absolute atomic E-state index is 0.565. The van der Waals surface area contributed by atoms with Crippen LogP contribution in [0.5, 0.6) is 0 Å². The molecule has 100 valence electrons. The first-order valence-corrected chi connectivity index (χ1v) is 5.18. The number of hydrogen-bond donors (Lipinski definition) is 1. The van der Waals surface area contributed by atoms with Crippen LogP contribution in [0, 0.1) is 29.1 Å². The fraction of sp³-hybridized carbons (Fsp3) is 0.0769. The van der Waals surface area contributed by atoms with Crippen LogP contribution >= 0.6 is 0 Å². The van der Waals surface area contributed by atoms with Crippen molar-refractivity contribution in [2.24, 2.45) is 0 Å². The van der Waals surface area contributed by atoms with Gasteiger partial charge < -0.3 is 5.11 Å². The molecule has 0 spiro atoms. The predicted octanol–water partition coefficient (Wildman–Crippen LogP) is 3.46. The van der Waals surface area contributed by atoms with Crippen LogP contribution in [0.1, 0.15) is 17.2 Å². The smallest absolute Gasteiger partial charge is 0.194 e. The maximum absolute atomic E-state index is 13.4. The van der Waals surface area contributed by atoms with E-state index in [0.29, 0.717) is 12.1 Å². The highest BCUT2D eigenvalue weighted by atomic mass is 19.2. The third-order valence-electron chi connectivity index (χ3n) is 2.61. The van der Waals surface area contributed by atoms with Gasteiger partial charge >= 0.3 is 0 Å². The highest BCUT2D eigenvalue weighted by Crippen LogP contribution is 2.28. The van der Waals surface area contributed by atoms with Crippen molar-refractivity contribution in [2.45, 2.75) is 6.10 Å². The van der Waals surface area contributed by atoms with E-state index in [1.54, 1.807) is 0 Å². The molecule has 2 aromatic carbocycles. The van der Waals surface area contributed by atoms with Crippen LogP contribution in [0.25, 0.3) is 0 Å². The van der Waals surface area contributed by atoms with Crippen LogP contribution in [0.15, 0.2) is 30.3 Å². The van der Waals surface area contributed by atoms with Gasteiger partial charge in [-0.05, 0) is 24.3 Å². The Morgan fingerprint density at radius 3 is 2.05 bits per heavy atom. The van der Waals surface area contributed by atoms with Crippen LogP contribution in [0.3, 0.4) is 0 Å². The number of hydrogen-bond acceptors (Lipinski definition) is 1. The molecule has 0 bridgehead atoms. The standard InChI is InChI=1S/C13H7F5O/c14-6-1-3-9(15)8(5-6)13(19)7-2-4-10(16)12(18)11(7)17/h1-5,13,19H. The Morgan fingerprint density at radius 2 is 1.37 bits per heavy atom. The lowest BCUT2D eigenvalue weighted by Crippen LogP contribution is -2.08. The first-order valence-electron chi connectivity index (χ1n) is 5.18. The number of aliphatic hydroxyl groups excluding tert-OH is 1. The molecule has 1 atom stereocenters. The molecular weight excluding hydrogens is 267 g/mol. The van der Waals surface area contributed by atoms with Gasteiger partial charge in [-0.25, -0.2) is 22.0 Å². The summed E-state index contributed by atoms with van der Waals surface area (Å²) in [6.07, 6.45) is -1.94. The van der Waals surface area contributed by atoms with E-state index < -0.39 is 46.3 Å². The van der Waals surface area contributed by atoms with Crippen molar-refractivity contribution in [3.05, 3.63) is 70.5 Å². The van der Waals surface area contributed by atoms with Crippen LogP contribution in [-0.4, -0.2) is 5.11 Å². The third-order valence-corrected chi connectivity index (χ3v) is 2.61. The molecule has 0 heterocycles. The zero-order valence-electron chi connectivity index (χ0n) is 9.30. The van der Waals surface area contributed by atoms with Crippen LogP contribution < -0.4 is 0 Å². The minimum Gasteiger partial charge on any atom is -0.383 e. The number of halogens is 5. The van der Waals surface area contributed by atoms with Gasteiger partial charge in [0.05, 0.1) is 0 Å². The maximum atomic E-state index is 13.4. The average molecular weight is 274 g/mol. The van der Waals surface area contributed by atoms with Gasteiger partial charge in [-0.3, -0.25) is 0 Å². The van der Waals surface area contributed by atoms with Crippen LogP contribution in [-0.2, 0) is 0 Å². The van der Waals surface area contributed by atoms with Gasteiger partial charge in [-0.2, -0.15) is 0 Å². The van der Waals surface area contributed by atoms with E-state index in [0.717, 1.165) is 18.2 Å². The Bertz CT molecular complexity index is 627. The van der Waals surface area contributed by atoms with E-state index in [4.69, 9.17) is 0 Å². The zero-order valence-corrected chi connectivity index (χ0v) is 9.30. The maximum Gasteiger partial charge on any atom is 0.194 e. The SMILES string of the molecule is OC(c1cc(F)ccc1F)c1ccc(F)c(F)c1F. The van der Waals surface area contributed by atoms with E-state index in [1.807, 2.05) is 0 Å². The summed E-state index contributed by atoms with van der Waals surface area (Å²) in [5.41, 5.74) is -1.24. The molecule has 0 aliphatic rings. The van der Waals surface area contributed by atoms with Crippen molar-refractivity contribution in [3.63, 3.8) is 0 Å². The monoisotopic (exact) mass is 274 g/mol. The quantitative estimate of drug-likeness (QED) is 0.656. The molecule has 0 aliphatic carbocycles. The van der Waals surface area contributed by atoms with E-state index >= 15 is 0 Å². The Kier molecular flexibility index (Phi) is 3.53. The Balaban J connectivity index is 2.53. The van der Waals surface area contributed by atoms with Gasteiger partial charge in [0.1, 0.15) is 17.7 Å². The normalized spacial score (nSPS) is 12.5. The topological polar surface area (TPSA) is 20.2 Å². The summed E-state index contributed by atoms with van der Waals surface area (Å²) >= 11 is 0. The van der Waals surface area contributed by atoms with Crippen molar-refractivity contribution in [3.8, 4) is 0 Å². The van der Waals surface area contributed by atoms with E-state index in [2.05, 4.69) is 0 Å². The molecule has 1 nitrogen and oxygen atoms in total. The molecule has 0 amide bonds. The second kappa shape index (κ2) is 4.97. The van der Waals surface area contributed by atoms with Crippen molar-refractivity contribution in [1.29, 1.82) is 0 Å². The summed E-state index contributed by atoms with van der Waals surface area (Å²) in [7, 11) is 0. The van der Waals surface area contributed by atoms with Gasteiger partial charge in [0, 0.05) is 11.1 Å². The summed E-state index contributed by atoms with van der Waals surface area (Å²) in [5.74, 6) is -6.70. The first kappa shape index (κ1) is 13.5. The molecule has 6 heteroatoms. The fourth-order valence-corrected chi connectivity index (χ4v) is 1.64. The molecule has 2 aromatic rings. The van der Waals surface area contributed by atoms with Gasteiger partial charge in [0.2, 0.25) is 0 Å². The lowest BCUT2D eigenvalue weighted by molar-refractivity contribution is 0.207. The molecule has 0 saturated heterocycles. The number of rotatable bonds is 2. The average Bonchev–Trinajstić information content (AvgIpc) is 2.38. The summed E-state index contributed by atoms with van der Waals surface area (Å²) in [6.45, 7) is 0. The lowest BCUT2D eigenvalue weighted by Gasteiger charge is -2.13. The summed E-state index contributed by atoms with van der Waals surface area (Å²) in [6, 6.07) is 3.57. The van der Waals surface area contributed by atoms with Crippen LogP contribution in [0.2, 0.25) is 0 Å².